The fraction of sp³-hybridized carbons (Fsp3) is 0.846. The van der Waals surface area contributed by atoms with Crippen molar-refractivity contribution >= 4 is 11.9 Å². The molecule has 0 aliphatic carbocycles. The fourth-order valence-corrected chi connectivity index (χ4v) is 3.13. The summed E-state index contributed by atoms with van der Waals surface area (Å²) in [7, 11) is 1.23. The van der Waals surface area contributed by atoms with E-state index in [1.54, 1.807) is 6.92 Å². The summed E-state index contributed by atoms with van der Waals surface area (Å²) in [4.78, 5) is 24.7. The summed E-state index contributed by atoms with van der Waals surface area (Å²) < 4.78 is 47.4. The molecule has 120 valence electrons. The molecule has 2 heterocycles. The second-order valence-corrected chi connectivity index (χ2v) is 5.51. The minimum Gasteiger partial charge on any atom is -0.467 e. The van der Waals surface area contributed by atoms with Gasteiger partial charge in [0.15, 0.2) is 6.10 Å². The smallest absolute Gasteiger partial charge is 0.397 e. The molecule has 0 aromatic heterocycles. The highest BCUT2D eigenvalue weighted by atomic mass is 19.4. The zero-order valence-corrected chi connectivity index (χ0v) is 11.9. The topological polar surface area (TPSA) is 55.8 Å². The van der Waals surface area contributed by atoms with E-state index < -0.39 is 42.7 Å². The fourth-order valence-electron chi connectivity index (χ4n) is 3.13. The lowest BCUT2D eigenvalue weighted by molar-refractivity contribution is -0.167. The first-order valence-corrected chi connectivity index (χ1v) is 6.84. The van der Waals surface area contributed by atoms with Crippen LogP contribution in [0.1, 0.15) is 32.6 Å². The van der Waals surface area contributed by atoms with Crippen molar-refractivity contribution in [1.29, 1.82) is 0 Å². The Morgan fingerprint density at radius 2 is 2.00 bits per heavy atom. The number of alkyl halides is 3. The minimum absolute atomic E-state index is 0.186. The van der Waals surface area contributed by atoms with Gasteiger partial charge in [-0.2, -0.15) is 13.2 Å². The third-order valence-corrected chi connectivity index (χ3v) is 4.03. The van der Waals surface area contributed by atoms with Crippen molar-refractivity contribution in [2.75, 3.05) is 7.11 Å². The number of carbonyl (C=O) groups excluding carboxylic acids is 2. The van der Waals surface area contributed by atoms with E-state index in [0.29, 0.717) is 12.8 Å². The van der Waals surface area contributed by atoms with Crippen LogP contribution in [0.5, 0.6) is 0 Å². The Labute approximate surface area is 120 Å². The van der Waals surface area contributed by atoms with Crippen LogP contribution in [0.2, 0.25) is 0 Å². The SMILES string of the molecule is COC(=O)[C@@H]1C[C@@H]2[C@@H](CC[C@H](C)N2C(=O)CC(F)(F)F)O1. The van der Waals surface area contributed by atoms with Crippen molar-refractivity contribution in [1.82, 2.24) is 4.90 Å². The van der Waals surface area contributed by atoms with E-state index in [2.05, 4.69) is 4.74 Å². The molecule has 2 fully saturated rings. The number of rotatable bonds is 2. The Kier molecular flexibility index (Phi) is 4.46. The molecule has 0 aromatic rings. The molecular weight excluding hydrogens is 291 g/mol. The molecule has 0 unspecified atom stereocenters. The van der Waals surface area contributed by atoms with E-state index in [-0.39, 0.29) is 12.5 Å². The molecule has 0 saturated carbocycles. The van der Waals surface area contributed by atoms with Crippen LogP contribution in [0.25, 0.3) is 0 Å². The van der Waals surface area contributed by atoms with Crippen LogP contribution in [0.3, 0.4) is 0 Å². The number of fused-ring (bicyclic) bond motifs is 1. The standard InChI is InChI=1S/C13H18F3NO4/c1-7-3-4-9-8(5-10(21-9)12(19)20-2)17(7)11(18)6-13(14,15)16/h7-10H,3-6H2,1-2H3/t7-,8+,9+,10-/m0/s1. The second-order valence-electron chi connectivity index (χ2n) is 5.51. The van der Waals surface area contributed by atoms with Crippen molar-refractivity contribution in [3.8, 4) is 0 Å². The number of ether oxygens (including phenoxy) is 2. The molecule has 0 spiro atoms. The molecule has 2 aliphatic heterocycles. The maximum atomic E-state index is 12.4. The van der Waals surface area contributed by atoms with Crippen LogP contribution in [-0.4, -0.2) is 54.4 Å². The number of amides is 1. The number of hydrogen-bond acceptors (Lipinski definition) is 4. The summed E-state index contributed by atoms with van der Waals surface area (Å²) in [5, 5.41) is 0. The average molecular weight is 309 g/mol. The molecule has 1 amide bonds. The van der Waals surface area contributed by atoms with Gasteiger partial charge < -0.3 is 14.4 Å². The van der Waals surface area contributed by atoms with Crippen LogP contribution < -0.4 is 0 Å². The van der Waals surface area contributed by atoms with Crippen LogP contribution in [0, 0.1) is 0 Å². The van der Waals surface area contributed by atoms with Gasteiger partial charge in [-0.15, -0.1) is 0 Å². The summed E-state index contributed by atoms with van der Waals surface area (Å²) in [5.41, 5.74) is 0. The van der Waals surface area contributed by atoms with Gasteiger partial charge >= 0.3 is 12.1 Å². The minimum atomic E-state index is -4.54. The zero-order chi connectivity index (χ0) is 15.8. The number of methoxy groups -OCH3 is 1. The van der Waals surface area contributed by atoms with Crippen LogP contribution >= 0.6 is 0 Å². The molecule has 4 atom stereocenters. The molecule has 2 saturated heterocycles. The normalized spacial score (nSPS) is 32.7. The largest absolute Gasteiger partial charge is 0.467 e. The monoisotopic (exact) mass is 309 g/mol. The predicted octanol–water partition coefficient (Wildman–Crippen LogP) is 1.65. The third kappa shape index (κ3) is 3.48. The first kappa shape index (κ1) is 16.1. The lowest BCUT2D eigenvalue weighted by Crippen LogP contribution is -2.54. The Morgan fingerprint density at radius 1 is 1.33 bits per heavy atom. The summed E-state index contributed by atoms with van der Waals surface area (Å²) in [6, 6.07) is -0.784. The first-order chi connectivity index (χ1) is 9.73. The van der Waals surface area contributed by atoms with Crippen molar-refractivity contribution in [2.24, 2.45) is 0 Å². The molecular formula is C13H18F3NO4. The Morgan fingerprint density at radius 3 is 2.57 bits per heavy atom. The molecule has 0 bridgehead atoms. The van der Waals surface area contributed by atoms with Gasteiger partial charge in [0.1, 0.15) is 6.42 Å². The van der Waals surface area contributed by atoms with E-state index in [1.165, 1.54) is 12.0 Å². The maximum absolute atomic E-state index is 12.4. The van der Waals surface area contributed by atoms with E-state index in [1.807, 2.05) is 0 Å². The maximum Gasteiger partial charge on any atom is 0.397 e. The Balaban J connectivity index is 2.12. The van der Waals surface area contributed by atoms with Gasteiger partial charge in [0.05, 0.1) is 19.3 Å². The van der Waals surface area contributed by atoms with E-state index >= 15 is 0 Å². The van der Waals surface area contributed by atoms with Crippen molar-refractivity contribution < 1.29 is 32.2 Å². The Hall–Kier alpha value is -1.31. The lowest BCUT2D eigenvalue weighted by atomic mass is 9.92. The number of likely N-dealkylation sites (tertiary alicyclic amines) is 1. The molecule has 0 aromatic carbocycles. The molecule has 2 rings (SSSR count). The quantitative estimate of drug-likeness (QED) is 0.728. The molecule has 2 aliphatic rings. The molecule has 0 N–H and O–H groups in total. The van der Waals surface area contributed by atoms with Gasteiger partial charge in [0.25, 0.3) is 0 Å². The van der Waals surface area contributed by atoms with Gasteiger partial charge in [-0.1, -0.05) is 0 Å². The van der Waals surface area contributed by atoms with Crippen molar-refractivity contribution in [3.05, 3.63) is 0 Å². The number of carbonyl (C=O) groups is 2. The number of hydrogen-bond donors (Lipinski definition) is 0. The molecule has 8 heteroatoms. The second kappa shape index (κ2) is 5.82. The van der Waals surface area contributed by atoms with Crippen LogP contribution in [0.15, 0.2) is 0 Å². The van der Waals surface area contributed by atoms with Crippen molar-refractivity contribution in [2.45, 2.75) is 63.1 Å². The third-order valence-electron chi connectivity index (χ3n) is 4.03. The predicted molar refractivity (Wildman–Crippen MR) is 65.3 cm³/mol. The lowest BCUT2D eigenvalue weighted by Gasteiger charge is -2.41. The van der Waals surface area contributed by atoms with Gasteiger partial charge in [-0.05, 0) is 19.8 Å². The molecule has 0 radical (unpaired) electrons. The zero-order valence-electron chi connectivity index (χ0n) is 11.9. The summed E-state index contributed by atoms with van der Waals surface area (Å²) in [6.07, 6.45) is -5.87. The van der Waals surface area contributed by atoms with Gasteiger partial charge in [-0.25, -0.2) is 4.79 Å². The van der Waals surface area contributed by atoms with Crippen LogP contribution in [0.4, 0.5) is 13.2 Å². The number of halogens is 3. The van der Waals surface area contributed by atoms with E-state index in [0.717, 1.165) is 0 Å². The first-order valence-electron chi connectivity index (χ1n) is 6.84. The average Bonchev–Trinajstić information content (AvgIpc) is 2.79. The van der Waals surface area contributed by atoms with E-state index in [9.17, 15) is 22.8 Å². The summed E-state index contributed by atoms with van der Waals surface area (Å²) >= 11 is 0. The highest BCUT2D eigenvalue weighted by Gasteiger charge is 2.49. The number of nitrogens with zero attached hydrogens (tertiary/aromatic N) is 1. The summed E-state index contributed by atoms with van der Waals surface area (Å²) in [6.45, 7) is 1.72. The molecule has 21 heavy (non-hydrogen) atoms. The van der Waals surface area contributed by atoms with Gasteiger partial charge in [-0.3, -0.25) is 4.79 Å². The van der Waals surface area contributed by atoms with Crippen LogP contribution in [-0.2, 0) is 19.1 Å². The van der Waals surface area contributed by atoms with Gasteiger partial charge in [0.2, 0.25) is 5.91 Å². The highest BCUT2D eigenvalue weighted by molar-refractivity contribution is 5.79. The highest BCUT2D eigenvalue weighted by Crippen LogP contribution is 2.36. The van der Waals surface area contributed by atoms with Gasteiger partial charge in [0, 0.05) is 12.5 Å². The Bertz CT molecular complexity index is 426. The number of esters is 1. The molecule has 5 nitrogen and oxygen atoms in total. The van der Waals surface area contributed by atoms with E-state index in [4.69, 9.17) is 4.74 Å². The summed E-state index contributed by atoms with van der Waals surface area (Å²) in [5.74, 6) is -1.51. The number of piperidine rings is 1. The van der Waals surface area contributed by atoms with Crippen molar-refractivity contribution in [3.63, 3.8) is 0 Å².